The molecule has 0 rings (SSSR count). The van der Waals surface area contributed by atoms with Crippen LogP contribution < -0.4 is 5.73 Å². The van der Waals surface area contributed by atoms with Crippen molar-refractivity contribution in [1.29, 1.82) is 0 Å². The normalized spacial score (nSPS) is 15.4. The fourth-order valence-corrected chi connectivity index (χ4v) is 1.21. The number of hydrogen-bond donors (Lipinski definition) is 1. The van der Waals surface area contributed by atoms with Crippen LogP contribution in [0.1, 0.15) is 61.3 Å². The van der Waals surface area contributed by atoms with E-state index in [2.05, 4.69) is 53.5 Å². The summed E-state index contributed by atoms with van der Waals surface area (Å²) in [5.41, 5.74) is 8.18. The Labute approximate surface area is 101 Å². The maximum Gasteiger partial charge on any atom is 0.0460 e. The van der Waals surface area contributed by atoms with Crippen LogP contribution in [0.25, 0.3) is 0 Å². The summed E-state index contributed by atoms with van der Waals surface area (Å²) in [6, 6.07) is 0. The zero-order valence-corrected chi connectivity index (χ0v) is 12.0. The first kappa shape index (κ1) is 15.2. The fraction of sp³-hybridized carbons (Fsp3) is 0.786. The van der Waals surface area contributed by atoms with Gasteiger partial charge < -0.3 is 5.73 Å². The highest BCUT2D eigenvalue weighted by atomic mass is 14.8. The Morgan fingerprint density at radius 1 is 1.06 bits per heavy atom. The van der Waals surface area contributed by atoms with Crippen LogP contribution >= 0.6 is 0 Å². The number of hydrogen-bond acceptors (Lipinski definition) is 2. The molecule has 2 heteroatoms. The van der Waals surface area contributed by atoms with Crippen LogP contribution in [-0.4, -0.2) is 5.71 Å². The molecule has 0 atom stereocenters. The number of rotatable bonds is 3. The molecule has 0 amide bonds. The summed E-state index contributed by atoms with van der Waals surface area (Å²) >= 11 is 0. The zero-order valence-electron chi connectivity index (χ0n) is 12.0. The van der Waals surface area contributed by atoms with Crippen molar-refractivity contribution in [2.75, 3.05) is 0 Å². The Morgan fingerprint density at radius 2 is 1.56 bits per heavy atom. The predicted octanol–water partition coefficient (Wildman–Crippen LogP) is 4.12. The molecule has 0 aromatic carbocycles. The van der Waals surface area contributed by atoms with Crippen LogP contribution in [0.4, 0.5) is 0 Å². The van der Waals surface area contributed by atoms with Crippen LogP contribution in [0.5, 0.6) is 0 Å². The van der Waals surface area contributed by atoms with Crippen LogP contribution in [0.3, 0.4) is 0 Å². The van der Waals surface area contributed by atoms with Gasteiger partial charge in [-0.3, -0.25) is 4.99 Å². The summed E-state index contributed by atoms with van der Waals surface area (Å²) in [5.74, 6) is 0. The standard InChI is InChI=1S/C14H28N2/c1-8-9-12(14(5,6)7)16-10-11(15)13(2,3)4/h10H,8-9,15H2,1-7H3/b11-10-,16-12+. The topological polar surface area (TPSA) is 38.4 Å². The largest absolute Gasteiger partial charge is 0.400 e. The van der Waals surface area contributed by atoms with E-state index in [-0.39, 0.29) is 10.8 Å². The lowest BCUT2D eigenvalue weighted by Gasteiger charge is -2.22. The van der Waals surface area contributed by atoms with Crippen molar-refractivity contribution in [1.82, 2.24) is 0 Å². The molecule has 0 bridgehead atoms. The third-order valence-corrected chi connectivity index (χ3v) is 2.58. The molecular weight excluding hydrogens is 196 g/mol. The Balaban J connectivity index is 4.97. The highest BCUT2D eigenvalue weighted by molar-refractivity contribution is 5.89. The second-order valence-electron chi connectivity index (χ2n) is 6.41. The summed E-state index contributed by atoms with van der Waals surface area (Å²) in [5, 5.41) is 0. The summed E-state index contributed by atoms with van der Waals surface area (Å²) in [7, 11) is 0. The van der Waals surface area contributed by atoms with Gasteiger partial charge in [-0.25, -0.2) is 0 Å². The maximum absolute atomic E-state index is 5.99. The number of aliphatic imine (C=N–C) groups is 1. The van der Waals surface area contributed by atoms with Gasteiger partial charge in [0.2, 0.25) is 0 Å². The Morgan fingerprint density at radius 3 is 1.88 bits per heavy atom. The molecule has 0 spiro atoms. The second-order valence-corrected chi connectivity index (χ2v) is 6.41. The molecule has 2 N–H and O–H groups in total. The van der Waals surface area contributed by atoms with E-state index in [4.69, 9.17) is 5.73 Å². The van der Waals surface area contributed by atoms with E-state index in [1.165, 1.54) is 5.71 Å². The van der Waals surface area contributed by atoms with Gasteiger partial charge in [-0.05, 0) is 6.42 Å². The van der Waals surface area contributed by atoms with Crippen LogP contribution in [0, 0.1) is 10.8 Å². The Kier molecular flexibility index (Phi) is 5.24. The molecule has 94 valence electrons. The summed E-state index contributed by atoms with van der Waals surface area (Å²) < 4.78 is 0. The van der Waals surface area contributed by atoms with E-state index in [9.17, 15) is 0 Å². The number of allylic oxidation sites excluding steroid dienone is 1. The van der Waals surface area contributed by atoms with Crippen molar-refractivity contribution in [2.45, 2.75) is 61.3 Å². The minimum Gasteiger partial charge on any atom is -0.400 e. The Bertz CT molecular complexity index is 272. The molecule has 0 aliphatic heterocycles. The SMILES string of the molecule is CCC/C(=N\C=C(/N)C(C)(C)C)C(C)(C)C. The van der Waals surface area contributed by atoms with Crippen LogP contribution in [0.2, 0.25) is 0 Å². The first-order chi connectivity index (χ1) is 7.09. The van der Waals surface area contributed by atoms with Gasteiger partial charge in [0.05, 0.1) is 0 Å². The molecule has 0 fully saturated rings. The molecule has 0 unspecified atom stereocenters. The van der Waals surface area contributed by atoms with E-state index in [0.717, 1.165) is 18.5 Å². The highest BCUT2D eigenvalue weighted by Crippen LogP contribution is 2.23. The average molecular weight is 224 g/mol. The Hall–Kier alpha value is -0.790. The van der Waals surface area contributed by atoms with Crippen molar-refractivity contribution in [2.24, 2.45) is 21.6 Å². The average Bonchev–Trinajstić information content (AvgIpc) is 2.07. The van der Waals surface area contributed by atoms with Crippen LogP contribution in [-0.2, 0) is 0 Å². The molecule has 16 heavy (non-hydrogen) atoms. The van der Waals surface area contributed by atoms with Crippen LogP contribution in [0.15, 0.2) is 16.9 Å². The lowest BCUT2D eigenvalue weighted by molar-refractivity contribution is 0.495. The molecule has 0 aromatic heterocycles. The van der Waals surface area contributed by atoms with Gasteiger partial charge in [0, 0.05) is 28.4 Å². The van der Waals surface area contributed by atoms with E-state index in [1.54, 1.807) is 0 Å². The molecule has 0 saturated heterocycles. The third-order valence-electron chi connectivity index (χ3n) is 2.58. The highest BCUT2D eigenvalue weighted by Gasteiger charge is 2.18. The van der Waals surface area contributed by atoms with Gasteiger partial charge in [0.25, 0.3) is 0 Å². The van der Waals surface area contributed by atoms with E-state index in [0.29, 0.717) is 0 Å². The molecule has 2 nitrogen and oxygen atoms in total. The first-order valence-corrected chi connectivity index (χ1v) is 6.12. The monoisotopic (exact) mass is 224 g/mol. The molecule has 0 radical (unpaired) electrons. The molecule has 0 aliphatic carbocycles. The van der Waals surface area contributed by atoms with E-state index >= 15 is 0 Å². The molecule has 0 saturated carbocycles. The molecule has 0 aliphatic rings. The number of nitrogens with two attached hydrogens (primary N) is 1. The van der Waals surface area contributed by atoms with E-state index in [1.807, 2.05) is 6.20 Å². The lowest BCUT2D eigenvalue weighted by atomic mass is 9.87. The lowest BCUT2D eigenvalue weighted by Crippen LogP contribution is -2.21. The fourth-order valence-electron chi connectivity index (χ4n) is 1.21. The molecular formula is C14H28N2. The second kappa shape index (κ2) is 5.51. The minimum atomic E-state index is -0.00128. The predicted molar refractivity (Wildman–Crippen MR) is 73.5 cm³/mol. The zero-order chi connectivity index (χ0) is 13.0. The molecule has 0 heterocycles. The number of nitrogens with zero attached hydrogens (tertiary/aromatic N) is 1. The maximum atomic E-state index is 5.99. The van der Waals surface area contributed by atoms with Crippen molar-refractivity contribution in [3.05, 3.63) is 11.9 Å². The smallest absolute Gasteiger partial charge is 0.0460 e. The van der Waals surface area contributed by atoms with Gasteiger partial charge in [0.15, 0.2) is 0 Å². The van der Waals surface area contributed by atoms with Crippen molar-refractivity contribution in [3.63, 3.8) is 0 Å². The third kappa shape index (κ3) is 5.34. The van der Waals surface area contributed by atoms with Crippen molar-refractivity contribution < 1.29 is 0 Å². The first-order valence-electron chi connectivity index (χ1n) is 6.12. The van der Waals surface area contributed by atoms with Crippen molar-refractivity contribution >= 4 is 5.71 Å². The van der Waals surface area contributed by atoms with Gasteiger partial charge in [-0.1, -0.05) is 54.9 Å². The summed E-state index contributed by atoms with van der Waals surface area (Å²) in [6.45, 7) is 15.1. The van der Waals surface area contributed by atoms with Gasteiger partial charge in [-0.15, -0.1) is 0 Å². The quantitative estimate of drug-likeness (QED) is 0.719. The molecule has 0 aromatic rings. The van der Waals surface area contributed by atoms with Gasteiger partial charge >= 0.3 is 0 Å². The minimum absolute atomic E-state index is 0.00128. The van der Waals surface area contributed by atoms with Gasteiger partial charge in [0.1, 0.15) is 0 Å². The summed E-state index contributed by atoms with van der Waals surface area (Å²) in [4.78, 5) is 4.58. The van der Waals surface area contributed by atoms with Crippen molar-refractivity contribution in [3.8, 4) is 0 Å². The summed E-state index contributed by atoms with van der Waals surface area (Å²) in [6.07, 6.45) is 3.99. The van der Waals surface area contributed by atoms with E-state index < -0.39 is 0 Å². The van der Waals surface area contributed by atoms with Gasteiger partial charge in [-0.2, -0.15) is 0 Å².